The Balaban J connectivity index is 1.65. The van der Waals surface area contributed by atoms with Crippen molar-refractivity contribution in [3.63, 3.8) is 0 Å². The van der Waals surface area contributed by atoms with Crippen LogP contribution in [-0.2, 0) is 6.61 Å². The summed E-state index contributed by atoms with van der Waals surface area (Å²) in [4.78, 5) is 29.2. The second kappa shape index (κ2) is 12.1. The quantitative estimate of drug-likeness (QED) is 0.160. The van der Waals surface area contributed by atoms with E-state index in [2.05, 4.69) is 43.6 Å². The summed E-state index contributed by atoms with van der Waals surface area (Å²) in [6.07, 6.45) is 2.42. The SMILES string of the molecule is CC[C@@H](C)c1nc2ccc(Br)cc2c(=O)n1N=Cc1cc(I)c(OCc2ccc(C(=O)O)cc2)c(OC)c1. The third-order valence-corrected chi connectivity index (χ3v) is 7.34. The highest BCUT2D eigenvalue weighted by Crippen LogP contribution is 2.34. The summed E-state index contributed by atoms with van der Waals surface area (Å²) in [6.45, 7) is 4.31. The molecule has 0 fully saturated rings. The Morgan fingerprint density at radius 2 is 1.95 bits per heavy atom. The van der Waals surface area contributed by atoms with Gasteiger partial charge in [-0.2, -0.15) is 9.78 Å². The van der Waals surface area contributed by atoms with Crippen LogP contribution in [0.1, 0.15) is 53.5 Å². The molecule has 0 saturated heterocycles. The smallest absolute Gasteiger partial charge is 0.335 e. The van der Waals surface area contributed by atoms with Gasteiger partial charge in [0.05, 0.1) is 33.4 Å². The second-order valence-electron chi connectivity index (χ2n) is 8.63. The second-order valence-corrected chi connectivity index (χ2v) is 10.7. The van der Waals surface area contributed by atoms with Crippen LogP contribution in [0.25, 0.3) is 10.9 Å². The fourth-order valence-corrected chi connectivity index (χ4v) is 4.90. The Morgan fingerprint density at radius 1 is 1.21 bits per heavy atom. The first-order valence-corrected chi connectivity index (χ1v) is 13.7. The fourth-order valence-electron chi connectivity index (χ4n) is 3.76. The van der Waals surface area contributed by atoms with E-state index in [4.69, 9.17) is 19.6 Å². The van der Waals surface area contributed by atoms with E-state index < -0.39 is 5.97 Å². The number of aromatic carboxylic acids is 1. The third kappa shape index (κ3) is 6.07. The minimum atomic E-state index is -0.975. The van der Waals surface area contributed by atoms with E-state index in [1.165, 1.54) is 4.68 Å². The highest BCUT2D eigenvalue weighted by Gasteiger charge is 2.16. The number of benzene rings is 3. The summed E-state index contributed by atoms with van der Waals surface area (Å²) in [6, 6.07) is 15.6. The molecule has 3 aromatic carbocycles. The van der Waals surface area contributed by atoms with Gasteiger partial charge in [0.2, 0.25) is 0 Å². The van der Waals surface area contributed by atoms with E-state index in [-0.39, 0.29) is 23.6 Å². The van der Waals surface area contributed by atoms with Gasteiger partial charge in [-0.05, 0) is 82.6 Å². The zero-order chi connectivity index (χ0) is 27.4. The van der Waals surface area contributed by atoms with Crippen LogP contribution in [0, 0.1) is 3.57 Å². The number of carbonyl (C=O) groups is 1. The number of aromatic nitrogens is 2. The molecule has 8 nitrogen and oxygen atoms in total. The van der Waals surface area contributed by atoms with Crippen LogP contribution >= 0.6 is 38.5 Å². The lowest BCUT2D eigenvalue weighted by atomic mass is 10.1. The molecule has 1 aromatic heterocycles. The van der Waals surface area contributed by atoms with Crippen molar-refractivity contribution in [3.05, 3.63) is 95.5 Å². The zero-order valence-electron chi connectivity index (χ0n) is 20.9. The summed E-state index contributed by atoms with van der Waals surface area (Å²) < 4.78 is 14.5. The van der Waals surface area contributed by atoms with Gasteiger partial charge in [0.25, 0.3) is 5.56 Å². The largest absolute Gasteiger partial charge is 0.493 e. The first-order valence-electron chi connectivity index (χ1n) is 11.8. The lowest BCUT2D eigenvalue weighted by Gasteiger charge is -2.15. The van der Waals surface area contributed by atoms with Crippen LogP contribution in [0.5, 0.6) is 11.5 Å². The highest BCUT2D eigenvalue weighted by molar-refractivity contribution is 14.1. The van der Waals surface area contributed by atoms with Crippen molar-refractivity contribution in [2.45, 2.75) is 32.8 Å². The topological polar surface area (TPSA) is 103 Å². The molecule has 4 rings (SSSR count). The van der Waals surface area contributed by atoms with Crippen molar-refractivity contribution >= 4 is 61.6 Å². The lowest BCUT2D eigenvalue weighted by Crippen LogP contribution is -2.23. The molecule has 0 aliphatic heterocycles. The Morgan fingerprint density at radius 3 is 2.61 bits per heavy atom. The molecule has 38 heavy (non-hydrogen) atoms. The molecule has 1 N–H and O–H groups in total. The third-order valence-electron chi connectivity index (χ3n) is 6.04. The summed E-state index contributed by atoms with van der Waals surface area (Å²) in [7, 11) is 1.55. The standard InChI is InChI=1S/C28H25BrIN3O5/c1-4-16(2)26-32-23-10-9-20(29)13-21(23)27(34)33(26)31-14-18-11-22(30)25(24(12-18)37-3)38-15-17-5-7-19(8-6-17)28(35)36/h5-14,16H,4,15H2,1-3H3,(H,35,36)/t16-/m1/s1. The van der Waals surface area contributed by atoms with Gasteiger partial charge >= 0.3 is 5.97 Å². The molecule has 1 atom stereocenters. The van der Waals surface area contributed by atoms with E-state index in [9.17, 15) is 9.59 Å². The average Bonchev–Trinajstić information content (AvgIpc) is 2.91. The minimum absolute atomic E-state index is 0.0305. The summed E-state index contributed by atoms with van der Waals surface area (Å²) >= 11 is 5.59. The molecular formula is C28H25BrIN3O5. The zero-order valence-corrected chi connectivity index (χ0v) is 24.7. The first kappa shape index (κ1) is 27.8. The Bertz CT molecular complexity index is 1580. The van der Waals surface area contributed by atoms with Gasteiger partial charge in [0.1, 0.15) is 12.4 Å². The molecular weight excluding hydrogens is 665 g/mol. The van der Waals surface area contributed by atoms with Crippen LogP contribution in [0.4, 0.5) is 0 Å². The average molecular weight is 690 g/mol. The van der Waals surface area contributed by atoms with Gasteiger partial charge in [-0.1, -0.05) is 41.9 Å². The highest BCUT2D eigenvalue weighted by atomic mass is 127. The van der Waals surface area contributed by atoms with Gasteiger partial charge in [0, 0.05) is 10.4 Å². The fraction of sp³-hybridized carbons (Fsp3) is 0.214. The molecule has 0 bridgehead atoms. The van der Waals surface area contributed by atoms with Gasteiger partial charge in [-0.15, -0.1) is 0 Å². The van der Waals surface area contributed by atoms with Crippen molar-refractivity contribution in [3.8, 4) is 11.5 Å². The van der Waals surface area contributed by atoms with Gasteiger partial charge < -0.3 is 14.6 Å². The maximum absolute atomic E-state index is 13.4. The van der Waals surface area contributed by atoms with Crippen molar-refractivity contribution in [1.82, 2.24) is 9.66 Å². The molecule has 0 saturated carbocycles. The lowest BCUT2D eigenvalue weighted by molar-refractivity contribution is 0.0697. The summed E-state index contributed by atoms with van der Waals surface area (Å²) in [5, 5.41) is 14.1. The normalized spacial score (nSPS) is 12.1. The molecule has 1 heterocycles. The maximum atomic E-state index is 13.4. The number of fused-ring (bicyclic) bond motifs is 1. The summed E-state index contributed by atoms with van der Waals surface area (Å²) in [5.41, 5.74) is 2.16. The molecule has 0 amide bonds. The minimum Gasteiger partial charge on any atom is -0.493 e. The molecule has 4 aromatic rings. The van der Waals surface area contributed by atoms with Crippen molar-refractivity contribution in [2.75, 3.05) is 7.11 Å². The van der Waals surface area contributed by atoms with E-state index in [1.807, 2.05) is 32.0 Å². The molecule has 0 aliphatic rings. The predicted molar refractivity (Wildman–Crippen MR) is 159 cm³/mol. The summed E-state index contributed by atoms with van der Waals surface area (Å²) in [5.74, 6) is 0.719. The number of hydrogen-bond donors (Lipinski definition) is 1. The van der Waals surface area contributed by atoms with Crippen LogP contribution in [0.2, 0.25) is 0 Å². The molecule has 0 spiro atoms. The van der Waals surface area contributed by atoms with Crippen LogP contribution in [0.15, 0.2) is 69.0 Å². The number of halogens is 2. The molecule has 10 heteroatoms. The Hall–Kier alpha value is -3.25. The first-order chi connectivity index (χ1) is 18.2. The van der Waals surface area contributed by atoms with E-state index in [0.717, 1.165) is 25.6 Å². The number of methoxy groups -OCH3 is 1. The van der Waals surface area contributed by atoms with Gasteiger partial charge in [0.15, 0.2) is 11.5 Å². The monoisotopic (exact) mass is 689 g/mol. The number of rotatable bonds is 9. The van der Waals surface area contributed by atoms with Gasteiger partial charge in [-0.25, -0.2) is 9.78 Å². The number of carboxylic acids is 1. The van der Waals surface area contributed by atoms with Crippen LogP contribution in [-0.4, -0.2) is 34.1 Å². The van der Waals surface area contributed by atoms with Crippen LogP contribution in [0.3, 0.4) is 0 Å². The maximum Gasteiger partial charge on any atom is 0.335 e. The number of nitrogens with zero attached hydrogens (tertiary/aromatic N) is 3. The molecule has 0 aliphatic carbocycles. The van der Waals surface area contributed by atoms with Crippen molar-refractivity contribution in [1.29, 1.82) is 0 Å². The number of ether oxygens (including phenoxy) is 2. The van der Waals surface area contributed by atoms with E-state index in [1.54, 1.807) is 49.7 Å². The van der Waals surface area contributed by atoms with Gasteiger partial charge in [-0.3, -0.25) is 4.79 Å². The molecule has 0 unspecified atom stereocenters. The van der Waals surface area contributed by atoms with Crippen LogP contribution < -0.4 is 15.0 Å². The van der Waals surface area contributed by atoms with E-state index >= 15 is 0 Å². The van der Waals surface area contributed by atoms with Crippen molar-refractivity contribution in [2.24, 2.45) is 5.10 Å². The van der Waals surface area contributed by atoms with E-state index in [0.29, 0.717) is 28.2 Å². The number of carboxylic acid groups (broad SMARTS) is 1. The predicted octanol–water partition coefficient (Wildman–Crippen LogP) is 6.45. The molecule has 196 valence electrons. The molecule has 0 radical (unpaired) electrons. The Labute approximate surface area is 241 Å². The van der Waals surface area contributed by atoms with Crippen molar-refractivity contribution < 1.29 is 19.4 Å². The Kier molecular flexibility index (Phi) is 8.83. The number of hydrogen-bond acceptors (Lipinski definition) is 6.